The Morgan fingerprint density at radius 2 is 0.750 bits per heavy atom. The van der Waals surface area contributed by atoms with Gasteiger partial charge in [-0.2, -0.15) is 10.2 Å². The third-order valence-corrected chi connectivity index (χ3v) is 5.55. The fourth-order valence-corrected chi connectivity index (χ4v) is 3.45. The minimum atomic E-state index is 0.554. The van der Waals surface area contributed by atoms with Crippen LogP contribution in [0.25, 0.3) is 45.8 Å². The molecular weight excluding hydrogens is 608 g/mol. The molecule has 0 aliphatic carbocycles. The van der Waals surface area contributed by atoms with E-state index in [4.69, 9.17) is 0 Å². The minimum absolute atomic E-state index is 0.554. The highest BCUT2D eigenvalue weighted by atomic mass is 15.1. The van der Waals surface area contributed by atoms with E-state index in [9.17, 15) is 0 Å². The average molecular weight is 633 g/mol. The van der Waals surface area contributed by atoms with Crippen LogP contribution in [-0.4, -0.2) is 80.2 Å². The third-order valence-electron chi connectivity index (χ3n) is 5.55. The Labute approximate surface area is 273 Å². The van der Waals surface area contributed by atoms with E-state index in [-0.39, 0.29) is 0 Å². The third kappa shape index (κ3) is 10.4. The maximum absolute atomic E-state index is 4.08. The molecule has 48 heavy (non-hydrogen) atoms. The number of rotatable bonds is 4. The van der Waals surface area contributed by atoms with Crippen molar-refractivity contribution in [1.82, 2.24) is 80.2 Å². The summed E-state index contributed by atoms with van der Waals surface area (Å²) in [6, 6.07) is 14.4. The summed E-state index contributed by atoms with van der Waals surface area (Å²) < 4.78 is 0. The fourth-order valence-electron chi connectivity index (χ4n) is 3.45. The number of hydrogen-bond donors (Lipinski definition) is 0. The van der Waals surface area contributed by atoms with E-state index < -0.39 is 0 Å². The molecule has 0 atom stereocenters. The molecule has 232 valence electrons. The van der Waals surface area contributed by atoms with E-state index in [1.54, 1.807) is 98.9 Å². The van der Waals surface area contributed by atoms with Crippen LogP contribution in [0.3, 0.4) is 0 Å². The summed E-state index contributed by atoms with van der Waals surface area (Å²) in [5, 5.41) is 15.3. The van der Waals surface area contributed by atoms with Crippen LogP contribution < -0.4 is 0 Å². The molecule has 0 saturated heterocycles. The van der Waals surface area contributed by atoms with Gasteiger partial charge in [-0.3, -0.25) is 19.9 Å². The summed E-state index contributed by atoms with van der Waals surface area (Å²) in [6.07, 6.45) is 26.1. The van der Waals surface area contributed by atoms with Gasteiger partial charge in [0.25, 0.3) is 0 Å². The Bertz CT molecular complexity index is 1530. The summed E-state index contributed by atoms with van der Waals surface area (Å²) in [7, 11) is 0. The lowest BCUT2D eigenvalue weighted by Gasteiger charge is -1.95. The maximum Gasteiger partial charge on any atom is 0.197 e. The summed E-state index contributed by atoms with van der Waals surface area (Å²) in [5.74, 6) is 1.11. The second-order valence-corrected chi connectivity index (χ2v) is 8.73. The Morgan fingerprint density at radius 3 is 1.08 bits per heavy atom. The monoisotopic (exact) mass is 632 g/mol. The van der Waals surface area contributed by atoms with Gasteiger partial charge >= 0.3 is 0 Å². The van der Waals surface area contributed by atoms with Crippen molar-refractivity contribution in [2.45, 2.75) is 0 Å². The molecule has 0 aliphatic rings. The molecule has 0 bridgehead atoms. The molecule has 16 heteroatoms. The predicted octanol–water partition coefficient (Wildman–Crippen LogP) is 3.73. The highest BCUT2D eigenvalue weighted by Gasteiger charge is 2.00. The molecule has 0 N–H and O–H groups in total. The quantitative estimate of drug-likeness (QED) is 0.271. The average Bonchev–Trinajstić information content (AvgIpc) is 3.21. The second kappa shape index (κ2) is 18.4. The second-order valence-electron chi connectivity index (χ2n) is 8.73. The minimum Gasteiger partial charge on any atom is -0.261 e. The van der Waals surface area contributed by atoms with Gasteiger partial charge in [-0.05, 0) is 48.5 Å². The highest BCUT2D eigenvalue weighted by Crippen LogP contribution is 2.11. The molecule has 8 heterocycles. The van der Waals surface area contributed by atoms with Gasteiger partial charge in [-0.25, -0.2) is 39.9 Å². The number of aromatic nitrogens is 16. The largest absolute Gasteiger partial charge is 0.261 e. The molecule has 0 amide bonds. The van der Waals surface area contributed by atoms with Crippen molar-refractivity contribution in [2.75, 3.05) is 0 Å². The van der Waals surface area contributed by atoms with Crippen molar-refractivity contribution in [2.24, 2.45) is 0 Å². The van der Waals surface area contributed by atoms with E-state index in [0.717, 1.165) is 34.2 Å². The summed E-state index contributed by atoms with van der Waals surface area (Å²) in [5.41, 5.74) is 4.59. The zero-order valence-corrected chi connectivity index (χ0v) is 25.0. The van der Waals surface area contributed by atoms with Crippen LogP contribution in [0.4, 0.5) is 0 Å². The molecule has 8 rings (SSSR count). The first-order valence-electron chi connectivity index (χ1n) is 14.0. The van der Waals surface area contributed by atoms with Crippen molar-refractivity contribution in [3.8, 4) is 45.8 Å². The molecule has 0 radical (unpaired) electrons. The predicted molar refractivity (Wildman–Crippen MR) is 172 cm³/mol. The summed E-state index contributed by atoms with van der Waals surface area (Å²) in [4.78, 5) is 47.8. The van der Waals surface area contributed by atoms with E-state index in [1.165, 1.54) is 12.7 Å². The van der Waals surface area contributed by atoms with E-state index in [0.29, 0.717) is 11.6 Å². The van der Waals surface area contributed by atoms with Gasteiger partial charge in [0.1, 0.15) is 35.4 Å². The summed E-state index contributed by atoms with van der Waals surface area (Å²) in [6.45, 7) is 0. The molecule has 0 aliphatic heterocycles. The molecule has 8 aromatic rings. The smallest absolute Gasteiger partial charge is 0.197 e. The SMILES string of the molecule is c1cc(-c2ccncn2)ncn1.c1cnc(-c2cnccn2)cn1.c1cnc(-c2ncccn2)nc1.c1cnnc(-c2cccnn2)c1. The number of hydrogen-bond acceptors (Lipinski definition) is 16. The van der Waals surface area contributed by atoms with Gasteiger partial charge in [0.2, 0.25) is 0 Å². The summed E-state index contributed by atoms with van der Waals surface area (Å²) >= 11 is 0. The fraction of sp³-hybridized carbons (Fsp3) is 0. The normalized spacial score (nSPS) is 9.67. The standard InChI is InChI=1S/4C8H6N4/c1-3-11-7(5-9-1)8-6-10-2-4-12-8;1-3-9-5-11-7(1)8-2-4-10-6-12-8;1-3-7(11-9-5-1)8-4-2-6-10-12-8;1-3-9-7(10-4-1)8-11-5-2-6-12-8/h4*1-6H. The van der Waals surface area contributed by atoms with Crippen LogP contribution in [0.5, 0.6) is 0 Å². The van der Waals surface area contributed by atoms with Crippen LogP contribution in [-0.2, 0) is 0 Å². The van der Waals surface area contributed by atoms with Crippen LogP contribution in [0.1, 0.15) is 0 Å². The van der Waals surface area contributed by atoms with Crippen molar-refractivity contribution < 1.29 is 0 Å². The molecule has 0 spiro atoms. The Kier molecular flexibility index (Phi) is 12.3. The highest BCUT2D eigenvalue weighted by molar-refractivity contribution is 5.52. The lowest BCUT2D eigenvalue weighted by Crippen LogP contribution is -1.91. The topological polar surface area (TPSA) is 206 Å². The van der Waals surface area contributed by atoms with Gasteiger partial charge in [0.05, 0.1) is 23.8 Å². The Morgan fingerprint density at radius 1 is 0.292 bits per heavy atom. The number of nitrogens with zero attached hydrogens (tertiary/aromatic N) is 16. The van der Waals surface area contributed by atoms with E-state index >= 15 is 0 Å². The lowest BCUT2D eigenvalue weighted by molar-refractivity contribution is 0.989. The zero-order chi connectivity index (χ0) is 32.9. The van der Waals surface area contributed by atoms with Crippen molar-refractivity contribution >= 4 is 0 Å². The van der Waals surface area contributed by atoms with Crippen LogP contribution in [0.2, 0.25) is 0 Å². The van der Waals surface area contributed by atoms with Gasteiger partial charge in [0.15, 0.2) is 11.6 Å². The molecule has 16 nitrogen and oxygen atoms in total. The van der Waals surface area contributed by atoms with Crippen molar-refractivity contribution in [1.29, 1.82) is 0 Å². The van der Waals surface area contributed by atoms with E-state index in [2.05, 4.69) is 80.2 Å². The van der Waals surface area contributed by atoms with Crippen molar-refractivity contribution in [3.63, 3.8) is 0 Å². The lowest BCUT2D eigenvalue weighted by atomic mass is 10.3. The van der Waals surface area contributed by atoms with Crippen molar-refractivity contribution in [3.05, 3.63) is 148 Å². The molecule has 8 aromatic heterocycles. The van der Waals surface area contributed by atoms with Gasteiger partial charge in [-0.1, -0.05) is 0 Å². The van der Waals surface area contributed by atoms with Gasteiger partial charge in [0, 0.05) is 74.4 Å². The Balaban J connectivity index is 0.000000125. The van der Waals surface area contributed by atoms with Crippen LogP contribution in [0, 0.1) is 0 Å². The molecular formula is C32H24N16. The zero-order valence-electron chi connectivity index (χ0n) is 25.0. The Hall–Kier alpha value is -7.36. The maximum atomic E-state index is 4.08. The first-order chi connectivity index (χ1) is 23.9. The first kappa shape index (κ1) is 32.0. The molecule has 0 aromatic carbocycles. The molecule has 0 saturated carbocycles. The van der Waals surface area contributed by atoms with E-state index in [1.807, 2.05) is 36.4 Å². The van der Waals surface area contributed by atoms with Gasteiger partial charge in [-0.15, -0.1) is 10.2 Å². The van der Waals surface area contributed by atoms with Crippen LogP contribution >= 0.6 is 0 Å². The first-order valence-corrected chi connectivity index (χ1v) is 14.0. The molecule has 0 unspecified atom stereocenters. The van der Waals surface area contributed by atoms with Gasteiger partial charge < -0.3 is 0 Å². The molecule has 0 fully saturated rings. The van der Waals surface area contributed by atoms with Crippen LogP contribution in [0.15, 0.2) is 148 Å².